The molecule has 0 saturated carbocycles. The SMILES string of the molecule is C=CCCCOc1ccc([C@@H](N)CC)cc1. The second-order valence-electron chi connectivity index (χ2n) is 3.86. The molecule has 0 radical (unpaired) electrons. The highest BCUT2D eigenvalue weighted by atomic mass is 16.5. The lowest BCUT2D eigenvalue weighted by molar-refractivity contribution is 0.312. The molecule has 0 spiro atoms. The zero-order valence-corrected chi connectivity index (χ0v) is 9.99. The number of ether oxygens (including phenoxy) is 1. The minimum absolute atomic E-state index is 0.134. The van der Waals surface area contributed by atoms with Crippen molar-refractivity contribution < 1.29 is 4.74 Å². The van der Waals surface area contributed by atoms with Crippen LogP contribution in [-0.4, -0.2) is 6.61 Å². The van der Waals surface area contributed by atoms with Crippen LogP contribution in [0.25, 0.3) is 0 Å². The monoisotopic (exact) mass is 219 g/mol. The third-order valence-electron chi connectivity index (χ3n) is 2.57. The molecule has 1 aromatic rings. The summed E-state index contributed by atoms with van der Waals surface area (Å²) in [4.78, 5) is 0. The van der Waals surface area contributed by atoms with Crippen LogP contribution in [0.5, 0.6) is 5.75 Å². The van der Waals surface area contributed by atoms with Gasteiger partial charge < -0.3 is 10.5 Å². The highest BCUT2D eigenvalue weighted by Gasteiger charge is 2.02. The van der Waals surface area contributed by atoms with Crippen molar-refractivity contribution in [3.63, 3.8) is 0 Å². The van der Waals surface area contributed by atoms with Crippen LogP contribution in [0.3, 0.4) is 0 Å². The molecule has 2 N–H and O–H groups in total. The van der Waals surface area contributed by atoms with Gasteiger partial charge >= 0.3 is 0 Å². The van der Waals surface area contributed by atoms with Crippen LogP contribution >= 0.6 is 0 Å². The van der Waals surface area contributed by atoms with Gasteiger partial charge in [-0.3, -0.25) is 0 Å². The molecular formula is C14H21NO. The first-order valence-corrected chi connectivity index (χ1v) is 5.87. The highest BCUT2D eigenvalue weighted by molar-refractivity contribution is 5.28. The maximum atomic E-state index is 5.93. The van der Waals surface area contributed by atoms with Crippen LogP contribution in [0.2, 0.25) is 0 Å². The summed E-state index contributed by atoms with van der Waals surface area (Å²) in [6.07, 6.45) is 4.88. The third-order valence-corrected chi connectivity index (χ3v) is 2.57. The van der Waals surface area contributed by atoms with E-state index in [0.717, 1.165) is 31.6 Å². The van der Waals surface area contributed by atoms with Gasteiger partial charge in [0.1, 0.15) is 5.75 Å². The standard InChI is InChI=1S/C14H21NO/c1-3-5-6-11-16-13-9-7-12(8-10-13)14(15)4-2/h3,7-10,14H,1,4-6,11,15H2,2H3/t14-/m0/s1. The summed E-state index contributed by atoms with van der Waals surface area (Å²) >= 11 is 0. The molecule has 0 saturated heterocycles. The van der Waals surface area contributed by atoms with Crippen LogP contribution in [0, 0.1) is 0 Å². The Morgan fingerprint density at radius 2 is 2.06 bits per heavy atom. The van der Waals surface area contributed by atoms with E-state index in [2.05, 4.69) is 13.5 Å². The molecular weight excluding hydrogens is 198 g/mol. The van der Waals surface area contributed by atoms with Gasteiger partial charge in [-0.1, -0.05) is 25.1 Å². The molecule has 0 aliphatic rings. The van der Waals surface area contributed by atoms with Gasteiger partial charge in [0.05, 0.1) is 6.61 Å². The topological polar surface area (TPSA) is 35.2 Å². The van der Waals surface area contributed by atoms with E-state index in [1.165, 1.54) is 5.56 Å². The molecule has 2 nitrogen and oxygen atoms in total. The fraction of sp³-hybridized carbons (Fsp3) is 0.429. The Labute approximate surface area is 98.1 Å². The molecule has 0 fully saturated rings. The summed E-state index contributed by atoms with van der Waals surface area (Å²) in [6.45, 7) is 6.51. The third kappa shape index (κ3) is 4.07. The molecule has 16 heavy (non-hydrogen) atoms. The predicted octanol–water partition coefficient (Wildman–Crippen LogP) is 3.44. The van der Waals surface area contributed by atoms with E-state index < -0.39 is 0 Å². The Hall–Kier alpha value is -1.28. The van der Waals surface area contributed by atoms with E-state index in [4.69, 9.17) is 10.5 Å². The smallest absolute Gasteiger partial charge is 0.119 e. The number of benzene rings is 1. The fourth-order valence-corrected chi connectivity index (χ4v) is 1.46. The normalized spacial score (nSPS) is 12.1. The number of nitrogens with two attached hydrogens (primary N) is 1. The summed E-state index contributed by atoms with van der Waals surface area (Å²) in [7, 11) is 0. The van der Waals surface area contributed by atoms with E-state index in [-0.39, 0.29) is 6.04 Å². The molecule has 88 valence electrons. The van der Waals surface area contributed by atoms with Crippen LogP contribution in [0.1, 0.15) is 37.8 Å². The average molecular weight is 219 g/mol. The predicted molar refractivity (Wildman–Crippen MR) is 68.6 cm³/mol. The average Bonchev–Trinajstić information content (AvgIpc) is 2.34. The van der Waals surface area contributed by atoms with E-state index in [1.807, 2.05) is 30.3 Å². The summed E-state index contributed by atoms with van der Waals surface area (Å²) in [5.41, 5.74) is 7.10. The summed E-state index contributed by atoms with van der Waals surface area (Å²) in [6, 6.07) is 8.18. The number of hydrogen-bond acceptors (Lipinski definition) is 2. The van der Waals surface area contributed by atoms with E-state index in [9.17, 15) is 0 Å². The number of allylic oxidation sites excluding steroid dienone is 1. The van der Waals surface area contributed by atoms with Crippen LogP contribution in [0.15, 0.2) is 36.9 Å². The van der Waals surface area contributed by atoms with Gasteiger partial charge in [-0.05, 0) is 37.0 Å². The summed E-state index contributed by atoms with van der Waals surface area (Å²) in [5, 5.41) is 0. The quantitative estimate of drug-likeness (QED) is 0.563. The number of unbranched alkanes of at least 4 members (excludes halogenated alkanes) is 1. The van der Waals surface area contributed by atoms with Crippen molar-refractivity contribution in [1.82, 2.24) is 0 Å². The summed E-state index contributed by atoms with van der Waals surface area (Å²) in [5.74, 6) is 0.913. The van der Waals surface area contributed by atoms with Gasteiger partial charge in [-0.15, -0.1) is 6.58 Å². The lowest BCUT2D eigenvalue weighted by Gasteiger charge is -2.10. The molecule has 1 aromatic carbocycles. The largest absolute Gasteiger partial charge is 0.494 e. The molecule has 2 heteroatoms. The van der Waals surface area contributed by atoms with Gasteiger partial charge in [0, 0.05) is 6.04 Å². The minimum atomic E-state index is 0.134. The van der Waals surface area contributed by atoms with Crippen molar-refractivity contribution in [3.05, 3.63) is 42.5 Å². The van der Waals surface area contributed by atoms with E-state index in [0.29, 0.717) is 0 Å². The first kappa shape index (κ1) is 12.8. The Kier molecular flexibility index (Phi) is 5.65. The lowest BCUT2D eigenvalue weighted by Crippen LogP contribution is -2.08. The molecule has 0 unspecified atom stereocenters. The van der Waals surface area contributed by atoms with E-state index in [1.54, 1.807) is 0 Å². The van der Waals surface area contributed by atoms with Crippen molar-refractivity contribution in [3.8, 4) is 5.75 Å². The first-order chi connectivity index (χ1) is 7.77. The lowest BCUT2D eigenvalue weighted by atomic mass is 10.1. The van der Waals surface area contributed by atoms with Crippen molar-refractivity contribution in [2.75, 3.05) is 6.61 Å². The molecule has 0 aromatic heterocycles. The Morgan fingerprint density at radius 1 is 1.38 bits per heavy atom. The van der Waals surface area contributed by atoms with Crippen molar-refractivity contribution >= 4 is 0 Å². The maximum absolute atomic E-state index is 5.93. The molecule has 0 aliphatic heterocycles. The second kappa shape index (κ2) is 7.07. The van der Waals surface area contributed by atoms with Crippen molar-refractivity contribution in [2.24, 2.45) is 5.73 Å². The Bertz CT molecular complexity index is 305. The van der Waals surface area contributed by atoms with Crippen LogP contribution in [0.4, 0.5) is 0 Å². The number of rotatable bonds is 7. The molecule has 0 aliphatic carbocycles. The van der Waals surface area contributed by atoms with Gasteiger partial charge in [0.25, 0.3) is 0 Å². The zero-order chi connectivity index (χ0) is 11.8. The van der Waals surface area contributed by atoms with Gasteiger partial charge in [0.15, 0.2) is 0 Å². The van der Waals surface area contributed by atoms with Crippen molar-refractivity contribution in [1.29, 1.82) is 0 Å². The van der Waals surface area contributed by atoms with Crippen LogP contribution < -0.4 is 10.5 Å². The van der Waals surface area contributed by atoms with Crippen molar-refractivity contribution in [2.45, 2.75) is 32.2 Å². The number of hydrogen-bond donors (Lipinski definition) is 1. The van der Waals surface area contributed by atoms with Crippen LogP contribution in [-0.2, 0) is 0 Å². The molecule has 1 rings (SSSR count). The van der Waals surface area contributed by atoms with Gasteiger partial charge in [0.2, 0.25) is 0 Å². The van der Waals surface area contributed by atoms with Gasteiger partial charge in [-0.2, -0.15) is 0 Å². The summed E-state index contributed by atoms with van der Waals surface area (Å²) < 4.78 is 5.59. The Balaban J connectivity index is 2.42. The minimum Gasteiger partial charge on any atom is -0.494 e. The first-order valence-electron chi connectivity index (χ1n) is 5.87. The van der Waals surface area contributed by atoms with E-state index >= 15 is 0 Å². The maximum Gasteiger partial charge on any atom is 0.119 e. The highest BCUT2D eigenvalue weighted by Crippen LogP contribution is 2.18. The molecule has 0 heterocycles. The molecule has 1 atom stereocenters. The van der Waals surface area contributed by atoms with Gasteiger partial charge in [-0.25, -0.2) is 0 Å². The zero-order valence-electron chi connectivity index (χ0n) is 9.99. The molecule has 0 bridgehead atoms. The molecule has 0 amide bonds. The fourth-order valence-electron chi connectivity index (χ4n) is 1.46. The second-order valence-corrected chi connectivity index (χ2v) is 3.86. The Morgan fingerprint density at radius 3 is 2.62 bits per heavy atom.